The molecule has 2 unspecified atom stereocenters. The average molecular weight is 229 g/mol. The predicted molar refractivity (Wildman–Crippen MR) is 67.3 cm³/mol. The smallest absolute Gasteiger partial charge is 0.223 e. The lowest BCUT2D eigenvalue weighted by Gasteiger charge is -2.22. The highest BCUT2D eigenvalue weighted by Gasteiger charge is 2.28. The van der Waals surface area contributed by atoms with Crippen LogP contribution in [-0.2, 0) is 4.79 Å². The van der Waals surface area contributed by atoms with Gasteiger partial charge in [-0.05, 0) is 12.3 Å². The summed E-state index contributed by atoms with van der Waals surface area (Å²) in [6, 6.07) is 0. The number of hydrogen-bond donors (Lipinski definition) is 1. The summed E-state index contributed by atoms with van der Waals surface area (Å²) in [6.07, 6.45) is 5.60. The average Bonchev–Trinajstić information content (AvgIpc) is 2.52. The zero-order valence-corrected chi connectivity index (χ0v) is 10.8. The second-order valence-electron chi connectivity index (χ2n) is 4.57. The molecule has 15 heavy (non-hydrogen) atoms. The van der Waals surface area contributed by atoms with Crippen molar-refractivity contribution in [1.29, 1.82) is 0 Å². The van der Waals surface area contributed by atoms with E-state index < -0.39 is 0 Å². The molecule has 0 aliphatic carbocycles. The fourth-order valence-corrected chi connectivity index (χ4v) is 2.51. The predicted octanol–water partition coefficient (Wildman–Crippen LogP) is 2.73. The zero-order valence-electron chi connectivity index (χ0n) is 9.91. The molecule has 0 N–H and O–H groups in total. The van der Waals surface area contributed by atoms with E-state index in [0.717, 1.165) is 13.1 Å². The standard InChI is InChI=1S/C12H23NOS/c1-3-5-6-10(4-2)8-13-9-11(15)7-12(13)14/h10-11,15H,3-9H2,1-2H3. The van der Waals surface area contributed by atoms with Crippen LogP contribution in [0.5, 0.6) is 0 Å². The molecule has 0 aromatic carbocycles. The molecule has 1 saturated heterocycles. The summed E-state index contributed by atoms with van der Waals surface area (Å²) < 4.78 is 0. The van der Waals surface area contributed by atoms with Gasteiger partial charge in [0.15, 0.2) is 0 Å². The molecular weight excluding hydrogens is 206 g/mol. The quantitative estimate of drug-likeness (QED) is 0.694. The molecule has 0 aromatic heterocycles. The maximum atomic E-state index is 11.6. The van der Waals surface area contributed by atoms with Gasteiger partial charge in [0.2, 0.25) is 5.91 Å². The van der Waals surface area contributed by atoms with E-state index in [0.29, 0.717) is 18.2 Å². The van der Waals surface area contributed by atoms with E-state index >= 15 is 0 Å². The van der Waals surface area contributed by atoms with Gasteiger partial charge < -0.3 is 4.90 Å². The topological polar surface area (TPSA) is 20.3 Å². The number of nitrogens with zero attached hydrogens (tertiary/aromatic N) is 1. The lowest BCUT2D eigenvalue weighted by molar-refractivity contribution is -0.128. The Hall–Kier alpha value is -0.180. The molecule has 1 rings (SSSR count). The molecule has 1 aliphatic rings. The molecule has 1 heterocycles. The molecule has 0 spiro atoms. The monoisotopic (exact) mass is 229 g/mol. The van der Waals surface area contributed by atoms with Gasteiger partial charge in [0, 0.05) is 24.8 Å². The van der Waals surface area contributed by atoms with Gasteiger partial charge in [-0.25, -0.2) is 0 Å². The van der Waals surface area contributed by atoms with Crippen LogP contribution >= 0.6 is 12.6 Å². The van der Waals surface area contributed by atoms with Gasteiger partial charge in [-0.1, -0.05) is 33.1 Å². The number of thiol groups is 1. The van der Waals surface area contributed by atoms with Crippen molar-refractivity contribution < 1.29 is 4.79 Å². The highest BCUT2D eigenvalue weighted by atomic mass is 32.1. The van der Waals surface area contributed by atoms with Gasteiger partial charge in [0.25, 0.3) is 0 Å². The molecule has 1 fully saturated rings. The lowest BCUT2D eigenvalue weighted by atomic mass is 9.99. The number of likely N-dealkylation sites (tertiary alicyclic amines) is 1. The summed E-state index contributed by atoms with van der Waals surface area (Å²) >= 11 is 4.37. The molecule has 2 nitrogen and oxygen atoms in total. The van der Waals surface area contributed by atoms with Crippen LogP contribution < -0.4 is 0 Å². The summed E-state index contributed by atoms with van der Waals surface area (Å²) in [7, 11) is 0. The Bertz CT molecular complexity index is 208. The van der Waals surface area contributed by atoms with E-state index in [4.69, 9.17) is 0 Å². The molecule has 0 saturated carbocycles. The highest BCUT2D eigenvalue weighted by Crippen LogP contribution is 2.20. The number of rotatable bonds is 6. The van der Waals surface area contributed by atoms with E-state index in [1.807, 2.05) is 4.90 Å². The summed E-state index contributed by atoms with van der Waals surface area (Å²) in [6.45, 7) is 6.24. The lowest BCUT2D eigenvalue weighted by Crippen LogP contribution is -2.31. The molecule has 3 heteroatoms. The zero-order chi connectivity index (χ0) is 11.3. The Kier molecular flexibility index (Phi) is 5.51. The van der Waals surface area contributed by atoms with E-state index in [-0.39, 0.29) is 5.25 Å². The van der Waals surface area contributed by atoms with Crippen molar-refractivity contribution in [3.05, 3.63) is 0 Å². The molecule has 0 aromatic rings. The van der Waals surface area contributed by atoms with E-state index in [9.17, 15) is 4.79 Å². The minimum absolute atomic E-state index is 0.265. The van der Waals surface area contributed by atoms with Crippen LogP contribution in [-0.4, -0.2) is 29.1 Å². The second kappa shape index (κ2) is 6.41. The second-order valence-corrected chi connectivity index (χ2v) is 5.30. The van der Waals surface area contributed by atoms with Gasteiger partial charge in [0.05, 0.1) is 0 Å². The minimum atomic E-state index is 0.265. The van der Waals surface area contributed by atoms with Crippen molar-refractivity contribution in [1.82, 2.24) is 4.90 Å². The van der Waals surface area contributed by atoms with Crippen LogP contribution in [0.1, 0.15) is 46.0 Å². The molecule has 1 aliphatic heterocycles. The molecule has 0 bridgehead atoms. The molecule has 0 radical (unpaired) electrons. The Labute approximate surface area is 98.8 Å². The fourth-order valence-electron chi connectivity index (χ4n) is 2.16. The third kappa shape index (κ3) is 4.06. The first kappa shape index (κ1) is 12.9. The van der Waals surface area contributed by atoms with Crippen molar-refractivity contribution in [2.24, 2.45) is 5.92 Å². The SMILES string of the molecule is CCCCC(CC)CN1CC(S)CC1=O. The first-order valence-electron chi connectivity index (χ1n) is 6.13. The maximum absolute atomic E-state index is 11.6. The van der Waals surface area contributed by atoms with Crippen LogP contribution in [0.15, 0.2) is 0 Å². The van der Waals surface area contributed by atoms with E-state index in [1.165, 1.54) is 25.7 Å². The Morgan fingerprint density at radius 2 is 2.27 bits per heavy atom. The van der Waals surface area contributed by atoms with Crippen LogP contribution in [0.4, 0.5) is 0 Å². The van der Waals surface area contributed by atoms with Crippen molar-refractivity contribution >= 4 is 18.5 Å². The number of hydrogen-bond acceptors (Lipinski definition) is 2. The van der Waals surface area contributed by atoms with Crippen molar-refractivity contribution in [3.8, 4) is 0 Å². The highest BCUT2D eigenvalue weighted by molar-refractivity contribution is 7.81. The van der Waals surface area contributed by atoms with Crippen molar-refractivity contribution in [2.45, 2.75) is 51.2 Å². The first-order chi connectivity index (χ1) is 7.17. The normalized spacial score (nSPS) is 23.5. The molecule has 2 atom stereocenters. The molecule has 1 amide bonds. The van der Waals surface area contributed by atoms with Gasteiger partial charge >= 0.3 is 0 Å². The van der Waals surface area contributed by atoms with E-state index in [1.54, 1.807) is 0 Å². The van der Waals surface area contributed by atoms with E-state index in [2.05, 4.69) is 26.5 Å². The van der Waals surface area contributed by atoms with Crippen LogP contribution in [0.25, 0.3) is 0 Å². The van der Waals surface area contributed by atoms with Crippen molar-refractivity contribution in [3.63, 3.8) is 0 Å². The van der Waals surface area contributed by atoms with Gasteiger partial charge in [-0.15, -0.1) is 0 Å². The maximum Gasteiger partial charge on any atom is 0.223 e. The van der Waals surface area contributed by atoms with Gasteiger partial charge in [-0.2, -0.15) is 12.6 Å². The number of unbranched alkanes of at least 4 members (excludes halogenated alkanes) is 1. The fraction of sp³-hybridized carbons (Fsp3) is 0.917. The summed E-state index contributed by atoms with van der Waals surface area (Å²) in [5.74, 6) is 0.984. The molecule has 88 valence electrons. The third-order valence-electron chi connectivity index (χ3n) is 3.22. The third-order valence-corrected chi connectivity index (χ3v) is 3.56. The van der Waals surface area contributed by atoms with Crippen molar-refractivity contribution in [2.75, 3.05) is 13.1 Å². The van der Waals surface area contributed by atoms with Crippen LogP contribution in [0.3, 0.4) is 0 Å². The number of carbonyl (C=O) groups is 1. The van der Waals surface area contributed by atoms with Crippen LogP contribution in [0, 0.1) is 5.92 Å². The Morgan fingerprint density at radius 1 is 1.53 bits per heavy atom. The minimum Gasteiger partial charge on any atom is -0.341 e. The summed E-state index contributed by atoms with van der Waals surface area (Å²) in [5, 5.41) is 0.265. The Balaban J connectivity index is 2.34. The van der Waals surface area contributed by atoms with Crippen LogP contribution in [0.2, 0.25) is 0 Å². The largest absolute Gasteiger partial charge is 0.341 e. The number of carbonyl (C=O) groups excluding carboxylic acids is 1. The summed E-state index contributed by atoms with van der Waals surface area (Å²) in [5.41, 5.74) is 0. The Morgan fingerprint density at radius 3 is 2.73 bits per heavy atom. The summed E-state index contributed by atoms with van der Waals surface area (Å²) in [4.78, 5) is 13.6. The molecular formula is C12H23NOS. The first-order valence-corrected chi connectivity index (χ1v) is 6.64. The number of amides is 1. The van der Waals surface area contributed by atoms with Gasteiger partial charge in [-0.3, -0.25) is 4.79 Å². The van der Waals surface area contributed by atoms with Gasteiger partial charge in [0.1, 0.15) is 0 Å².